The van der Waals surface area contributed by atoms with Gasteiger partial charge in [-0.25, -0.2) is 0 Å². The summed E-state index contributed by atoms with van der Waals surface area (Å²) in [7, 11) is 0. The number of ketones is 1. The predicted molar refractivity (Wildman–Crippen MR) is 71.5 cm³/mol. The van der Waals surface area contributed by atoms with Crippen molar-refractivity contribution in [2.45, 2.75) is 66.7 Å². The largest absolute Gasteiger partial charge is 0.300 e. The first kappa shape index (κ1) is 15.4. The maximum atomic E-state index is 11.7. The molecule has 0 aliphatic heterocycles. The van der Waals surface area contributed by atoms with Crippen molar-refractivity contribution in [2.24, 2.45) is 11.3 Å². The Bertz CT molecular complexity index is 220. The second-order valence-electron chi connectivity index (χ2n) is 6.03. The summed E-state index contributed by atoms with van der Waals surface area (Å²) < 4.78 is 0. The third kappa shape index (κ3) is 9.95. The lowest BCUT2D eigenvalue weighted by molar-refractivity contribution is -0.119. The molecule has 0 saturated heterocycles. The van der Waals surface area contributed by atoms with E-state index in [4.69, 9.17) is 0 Å². The summed E-state index contributed by atoms with van der Waals surface area (Å²) in [6.07, 6.45) is 8.81. The lowest BCUT2D eigenvalue weighted by Crippen LogP contribution is -2.14. The summed E-state index contributed by atoms with van der Waals surface area (Å²) >= 11 is 0. The van der Waals surface area contributed by atoms with Crippen molar-refractivity contribution in [1.82, 2.24) is 0 Å². The smallest absolute Gasteiger partial charge is 0.133 e. The van der Waals surface area contributed by atoms with E-state index in [1.165, 1.54) is 0 Å². The number of hydrogen-bond donors (Lipinski definition) is 0. The van der Waals surface area contributed by atoms with Gasteiger partial charge < -0.3 is 0 Å². The van der Waals surface area contributed by atoms with Crippen LogP contribution < -0.4 is 0 Å². The zero-order chi connectivity index (χ0) is 12.6. The highest BCUT2D eigenvalue weighted by molar-refractivity contribution is 5.78. The van der Waals surface area contributed by atoms with Crippen LogP contribution in [0.4, 0.5) is 0 Å². The van der Waals surface area contributed by atoms with Gasteiger partial charge in [0.25, 0.3) is 0 Å². The number of Topliss-reactive ketones (excluding diaryl/α,β-unsaturated/α-hetero) is 1. The molecule has 0 saturated carbocycles. The molecule has 0 aromatic rings. The van der Waals surface area contributed by atoms with E-state index < -0.39 is 0 Å². The van der Waals surface area contributed by atoms with E-state index >= 15 is 0 Å². The van der Waals surface area contributed by atoms with Crippen LogP contribution in [0.25, 0.3) is 0 Å². The zero-order valence-electron chi connectivity index (χ0n) is 11.7. The van der Waals surface area contributed by atoms with Crippen LogP contribution in [-0.4, -0.2) is 5.78 Å². The van der Waals surface area contributed by atoms with Crippen molar-refractivity contribution < 1.29 is 4.79 Å². The van der Waals surface area contributed by atoms with Gasteiger partial charge in [-0.15, -0.1) is 0 Å². The Balaban J connectivity index is 3.74. The molecule has 0 fully saturated rings. The number of allylic oxidation sites excluding steroid dienone is 2. The van der Waals surface area contributed by atoms with Crippen LogP contribution in [0.5, 0.6) is 0 Å². The molecule has 0 spiro atoms. The van der Waals surface area contributed by atoms with Crippen LogP contribution >= 0.6 is 0 Å². The number of hydrogen-bond acceptors (Lipinski definition) is 1. The average molecular weight is 224 g/mol. The van der Waals surface area contributed by atoms with Crippen LogP contribution in [0.3, 0.4) is 0 Å². The summed E-state index contributed by atoms with van der Waals surface area (Å²) in [6.45, 7) is 11.0. The fourth-order valence-electron chi connectivity index (χ4n) is 2.14. The van der Waals surface area contributed by atoms with Gasteiger partial charge >= 0.3 is 0 Å². The maximum absolute atomic E-state index is 11.7. The Hall–Kier alpha value is -0.590. The molecule has 0 amide bonds. The minimum atomic E-state index is 0.335. The van der Waals surface area contributed by atoms with Crippen LogP contribution in [-0.2, 0) is 4.79 Å². The highest BCUT2D eigenvalue weighted by Gasteiger charge is 2.17. The van der Waals surface area contributed by atoms with Gasteiger partial charge in [0, 0.05) is 12.8 Å². The van der Waals surface area contributed by atoms with E-state index in [0.717, 1.165) is 25.7 Å². The van der Waals surface area contributed by atoms with Gasteiger partial charge in [-0.2, -0.15) is 0 Å². The van der Waals surface area contributed by atoms with Crippen molar-refractivity contribution >= 4 is 5.78 Å². The van der Waals surface area contributed by atoms with Gasteiger partial charge in [-0.1, -0.05) is 46.8 Å². The summed E-state index contributed by atoms with van der Waals surface area (Å²) in [5.41, 5.74) is 0.335. The summed E-state index contributed by atoms with van der Waals surface area (Å²) in [6, 6.07) is 0. The zero-order valence-corrected chi connectivity index (χ0v) is 11.7. The molecule has 1 atom stereocenters. The molecule has 1 unspecified atom stereocenters. The van der Waals surface area contributed by atoms with Gasteiger partial charge in [-0.3, -0.25) is 4.79 Å². The predicted octanol–water partition coefficient (Wildman–Crippen LogP) is 4.76. The van der Waals surface area contributed by atoms with Crippen molar-refractivity contribution in [3.05, 3.63) is 12.2 Å². The first-order valence-electron chi connectivity index (χ1n) is 6.52. The molecule has 16 heavy (non-hydrogen) atoms. The molecular weight excluding hydrogens is 196 g/mol. The molecule has 0 heterocycles. The Morgan fingerprint density at radius 1 is 1.25 bits per heavy atom. The van der Waals surface area contributed by atoms with E-state index in [9.17, 15) is 4.79 Å². The van der Waals surface area contributed by atoms with Gasteiger partial charge in [0.05, 0.1) is 0 Å². The first-order chi connectivity index (χ1) is 7.35. The Labute approximate surface area is 101 Å². The minimum Gasteiger partial charge on any atom is -0.300 e. The quantitative estimate of drug-likeness (QED) is 0.570. The highest BCUT2D eigenvalue weighted by Crippen LogP contribution is 2.26. The fraction of sp³-hybridized carbons (Fsp3) is 0.800. The summed E-state index contributed by atoms with van der Waals surface area (Å²) in [4.78, 5) is 11.7. The molecule has 0 aromatic heterocycles. The molecule has 94 valence electrons. The molecule has 0 aliphatic rings. The topological polar surface area (TPSA) is 17.1 Å². The lowest BCUT2D eigenvalue weighted by atomic mass is 9.83. The normalized spacial score (nSPS) is 14.3. The van der Waals surface area contributed by atoms with Crippen molar-refractivity contribution in [2.75, 3.05) is 0 Å². The van der Waals surface area contributed by atoms with E-state index in [0.29, 0.717) is 23.5 Å². The third-order valence-electron chi connectivity index (χ3n) is 2.53. The van der Waals surface area contributed by atoms with Crippen molar-refractivity contribution in [1.29, 1.82) is 0 Å². The van der Waals surface area contributed by atoms with Gasteiger partial charge in [-0.05, 0) is 30.6 Å². The Morgan fingerprint density at radius 2 is 1.88 bits per heavy atom. The van der Waals surface area contributed by atoms with E-state index in [1.54, 1.807) is 0 Å². The monoisotopic (exact) mass is 224 g/mol. The summed E-state index contributed by atoms with van der Waals surface area (Å²) in [5, 5.41) is 0. The van der Waals surface area contributed by atoms with Crippen LogP contribution in [0.1, 0.15) is 66.7 Å². The molecular formula is C15H28O. The number of rotatable bonds is 7. The van der Waals surface area contributed by atoms with Crippen LogP contribution in [0.2, 0.25) is 0 Å². The fourth-order valence-corrected chi connectivity index (χ4v) is 2.14. The molecule has 0 rings (SSSR count). The second kappa shape index (κ2) is 7.65. The van der Waals surface area contributed by atoms with Gasteiger partial charge in [0.2, 0.25) is 0 Å². The Morgan fingerprint density at radius 3 is 2.38 bits per heavy atom. The molecule has 1 heteroatoms. The van der Waals surface area contributed by atoms with Crippen molar-refractivity contribution in [3.8, 4) is 0 Å². The minimum absolute atomic E-state index is 0.335. The molecule has 0 bridgehead atoms. The molecule has 0 N–H and O–H groups in total. The van der Waals surface area contributed by atoms with Crippen LogP contribution in [0, 0.1) is 11.3 Å². The van der Waals surface area contributed by atoms with Crippen molar-refractivity contribution in [3.63, 3.8) is 0 Å². The average Bonchev–Trinajstić information content (AvgIpc) is 2.09. The highest BCUT2D eigenvalue weighted by atomic mass is 16.1. The number of carbonyl (C=O) groups is 1. The third-order valence-corrected chi connectivity index (χ3v) is 2.53. The lowest BCUT2D eigenvalue weighted by Gasteiger charge is -2.22. The van der Waals surface area contributed by atoms with E-state index in [-0.39, 0.29) is 0 Å². The first-order valence-corrected chi connectivity index (χ1v) is 6.52. The SMILES string of the molecule is CCC=CCCC(=O)CC(C)CC(C)(C)C. The summed E-state index contributed by atoms with van der Waals surface area (Å²) in [5.74, 6) is 0.931. The molecule has 1 nitrogen and oxygen atoms in total. The second-order valence-corrected chi connectivity index (χ2v) is 6.03. The standard InChI is InChI=1S/C15H28O/c1-6-7-8-9-10-14(16)11-13(2)12-15(3,4)5/h7-8,13H,6,9-12H2,1-5H3. The van der Waals surface area contributed by atoms with Gasteiger partial charge in [0.15, 0.2) is 0 Å². The van der Waals surface area contributed by atoms with E-state index in [2.05, 4.69) is 46.8 Å². The Kier molecular flexibility index (Phi) is 7.36. The number of carbonyl (C=O) groups excluding carboxylic acids is 1. The molecule has 0 radical (unpaired) electrons. The molecule has 0 aliphatic carbocycles. The maximum Gasteiger partial charge on any atom is 0.133 e. The van der Waals surface area contributed by atoms with Gasteiger partial charge in [0.1, 0.15) is 5.78 Å². The van der Waals surface area contributed by atoms with Crippen LogP contribution in [0.15, 0.2) is 12.2 Å². The van der Waals surface area contributed by atoms with E-state index in [1.807, 2.05) is 0 Å². The molecule has 0 aromatic carbocycles.